The number of terminal acetylenes is 1. The molecule has 3 unspecified atom stereocenters. The highest BCUT2D eigenvalue weighted by molar-refractivity contribution is 4.91. The van der Waals surface area contributed by atoms with Crippen LogP contribution in [-0.4, -0.2) is 12.1 Å². The first-order chi connectivity index (χ1) is 9.13. The third-order valence-electron chi connectivity index (χ3n) is 4.92. The molecule has 0 saturated heterocycles. The van der Waals surface area contributed by atoms with E-state index in [1.165, 1.54) is 25.7 Å². The van der Waals surface area contributed by atoms with Crippen molar-refractivity contribution in [2.75, 3.05) is 6.54 Å². The Kier molecular flexibility index (Phi) is 6.14. The number of nitrogens with one attached hydrogen (secondary N) is 1. The van der Waals surface area contributed by atoms with Gasteiger partial charge in [0.2, 0.25) is 0 Å². The zero-order chi connectivity index (χ0) is 15.4. The smallest absolute Gasteiger partial charge is 0.00966 e. The lowest BCUT2D eigenvalue weighted by Gasteiger charge is -2.42. The second-order valence-corrected chi connectivity index (χ2v) is 8.77. The van der Waals surface area contributed by atoms with Crippen molar-refractivity contribution >= 4 is 0 Å². The summed E-state index contributed by atoms with van der Waals surface area (Å²) in [5, 5.41) is 3.70. The van der Waals surface area contributed by atoms with E-state index < -0.39 is 0 Å². The zero-order valence-electron chi connectivity index (χ0n) is 14.6. The molecule has 0 heterocycles. The van der Waals surface area contributed by atoms with E-state index in [1.54, 1.807) is 0 Å². The van der Waals surface area contributed by atoms with Gasteiger partial charge in [0.1, 0.15) is 0 Å². The lowest BCUT2D eigenvalue weighted by atomic mass is 9.64. The van der Waals surface area contributed by atoms with Gasteiger partial charge >= 0.3 is 0 Å². The van der Waals surface area contributed by atoms with E-state index in [9.17, 15) is 0 Å². The minimum absolute atomic E-state index is 0.220. The lowest BCUT2D eigenvalue weighted by molar-refractivity contribution is 0.0901. The van der Waals surface area contributed by atoms with Crippen LogP contribution in [-0.2, 0) is 0 Å². The van der Waals surface area contributed by atoms with Gasteiger partial charge in [0.05, 0.1) is 0 Å². The molecule has 1 fully saturated rings. The van der Waals surface area contributed by atoms with Crippen LogP contribution in [0.1, 0.15) is 73.6 Å². The monoisotopic (exact) mass is 277 g/mol. The van der Waals surface area contributed by atoms with Crippen molar-refractivity contribution in [1.29, 1.82) is 0 Å². The van der Waals surface area contributed by atoms with Crippen LogP contribution in [0.3, 0.4) is 0 Å². The second-order valence-electron chi connectivity index (χ2n) is 8.77. The highest BCUT2D eigenvalue weighted by atomic mass is 14.9. The van der Waals surface area contributed by atoms with Gasteiger partial charge in [-0.1, -0.05) is 20.8 Å². The van der Waals surface area contributed by atoms with Gasteiger partial charge in [-0.3, -0.25) is 0 Å². The Labute approximate surface area is 127 Å². The summed E-state index contributed by atoms with van der Waals surface area (Å²) >= 11 is 0. The van der Waals surface area contributed by atoms with Gasteiger partial charge in [0.25, 0.3) is 0 Å². The predicted molar refractivity (Wildman–Crippen MR) is 89.6 cm³/mol. The van der Waals surface area contributed by atoms with Crippen LogP contribution in [0.4, 0.5) is 0 Å². The number of rotatable bonds is 4. The normalized spacial score (nSPS) is 28.1. The molecule has 0 radical (unpaired) electrons. The van der Waals surface area contributed by atoms with Gasteiger partial charge in [-0.15, -0.1) is 12.3 Å². The maximum Gasteiger partial charge on any atom is 0.00966 e. The maximum atomic E-state index is 5.49. The summed E-state index contributed by atoms with van der Waals surface area (Å²) < 4.78 is 0. The third kappa shape index (κ3) is 5.88. The van der Waals surface area contributed by atoms with Crippen LogP contribution in [0.25, 0.3) is 0 Å². The fourth-order valence-corrected chi connectivity index (χ4v) is 3.44. The van der Waals surface area contributed by atoms with Crippen LogP contribution in [0, 0.1) is 35.5 Å². The average Bonchev–Trinajstić information content (AvgIpc) is 2.32. The minimum atomic E-state index is 0.220. The molecule has 0 bridgehead atoms. The zero-order valence-corrected chi connectivity index (χ0v) is 14.6. The van der Waals surface area contributed by atoms with Crippen LogP contribution >= 0.6 is 0 Å². The Hall–Kier alpha value is -0.480. The van der Waals surface area contributed by atoms with Gasteiger partial charge < -0.3 is 5.32 Å². The first kappa shape index (κ1) is 17.6. The number of hydrogen-bond donors (Lipinski definition) is 1. The van der Waals surface area contributed by atoms with E-state index in [0.717, 1.165) is 30.7 Å². The van der Waals surface area contributed by atoms with Crippen molar-refractivity contribution in [3.05, 3.63) is 0 Å². The Bertz CT molecular complexity index is 323. The van der Waals surface area contributed by atoms with E-state index >= 15 is 0 Å². The van der Waals surface area contributed by atoms with Gasteiger partial charge in [0.15, 0.2) is 0 Å². The predicted octanol–water partition coefficient (Wildman–Crippen LogP) is 4.87. The summed E-state index contributed by atoms with van der Waals surface area (Å²) in [4.78, 5) is 0. The quantitative estimate of drug-likeness (QED) is 0.723. The largest absolute Gasteiger partial charge is 0.312 e. The van der Waals surface area contributed by atoms with Crippen LogP contribution in [0.5, 0.6) is 0 Å². The Morgan fingerprint density at radius 1 is 1.05 bits per heavy atom. The summed E-state index contributed by atoms with van der Waals surface area (Å²) in [6, 6.07) is 0. The molecule has 3 atom stereocenters. The molecular formula is C19H35N. The first-order valence-corrected chi connectivity index (χ1v) is 8.32. The molecule has 1 nitrogen and oxygen atoms in total. The van der Waals surface area contributed by atoms with Crippen molar-refractivity contribution in [3.63, 3.8) is 0 Å². The minimum Gasteiger partial charge on any atom is -0.312 e. The molecule has 0 aliphatic heterocycles. The molecule has 1 aliphatic rings. The SMILES string of the molecule is C#CCCC1CC(C(C)(C)C)CCC1CNC(C)(C)C. The third-order valence-corrected chi connectivity index (χ3v) is 4.92. The van der Waals surface area contributed by atoms with Crippen LogP contribution in [0.2, 0.25) is 0 Å². The molecule has 0 aromatic carbocycles. The van der Waals surface area contributed by atoms with Crippen molar-refractivity contribution < 1.29 is 0 Å². The Morgan fingerprint density at radius 3 is 2.20 bits per heavy atom. The molecule has 116 valence electrons. The Morgan fingerprint density at radius 2 is 1.70 bits per heavy atom. The van der Waals surface area contributed by atoms with Crippen molar-refractivity contribution in [2.45, 2.75) is 79.2 Å². The topological polar surface area (TPSA) is 12.0 Å². The van der Waals surface area contributed by atoms with Crippen molar-refractivity contribution in [1.82, 2.24) is 5.32 Å². The molecule has 0 spiro atoms. The van der Waals surface area contributed by atoms with Gasteiger partial charge in [-0.05, 0) is 76.2 Å². The van der Waals surface area contributed by atoms with Crippen molar-refractivity contribution in [3.8, 4) is 12.3 Å². The Balaban J connectivity index is 2.63. The molecule has 1 aliphatic carbocycles. The summed E-state index contributed by atoms with van der Waals surface area (Å²) in [6.07, 6.45) is 11.7. The number of hydrogen-bond acceptors (Lipinski definition) is 1. The molecule has 1 saturated carbocycles. The van der Waals surface area contributed by atoms with Crippen LogP contribution in [0.15, 0.2) is 0 Å². The first-order valence-electron chi connectivity index (χ1n) is 8.32. The lowest BCUT2D eigenvalue weighted by Crippen LogP contribution is -2.43. The second kappa shape index (κ2) is 6.99. The molecule has 0 aromatic rings. The van der Waals surface area contributed by atoms with Gasteiger partial charge in [-0.25, -0.2) is 0 Å². The van der Waals surface area contributed by atoms with E-state index in [4.69, 9.17) is 6.42 Å². The summed E-state index contributed by atoms with van der Waals surface area (Å²) in [5.74, 6) is 5.31. The van der Waals surface area contributed by atoms with E-state index in [1.807, 2.05) is 0 Å². The fraction of sp³-hybridized carbons (Fsp3) is 0.895. The highest BCUT2D eigenvalue weighted by Gasteiger charge is 2.35. The molecule has 1 heteroatoms. The maximum absolute atomic E-state index is 5.49. The summed E-state index contributed by atoms with van der Waals surface area (Å²) in [5.41, 5.74) is 0.661. The van der Waals surface area contributed by atoms with Gasteiger partial charge in [-0.2, -0.15) is 0 Å². The molecule has 1 N–H and O–H groups in total. The van der Waals surface area contributed by atoms with E-state index in [0.29, 0.717) is 5.41 Å². The molecular weight excluding hydrogens is 242 g/mol. The molecule has 0 amide bonds. The van der Waals surface area contributed by atoms with Gasteiger partial charge in [0, 0.05) is 12.0 Å². The van der Waals surface area contributed by atoms with Crippen molar-refractivity contribution in [2.24, 2.45) is 23.2 Å². The van der Waals surface area contributed by atoms with E-state index in [-0.39, 0.29) is 5.54 Å². The fourth-order valence-electron chi connectivity index (χ4n) is 3.44. The van der Waals surface area contributed by atoms with E-state index in [2.05, 4.69) is 52.8 Å². The molecule has 0 aromatic heterocycles. The standard InChI is InChI=1S/C19H35N/c1-8-9-10-15-13-17(18(2,3)4)12-11-16(15)14-20-19(5,6)7/h1,15-17,20H,9-14H2,2-7H3. The molecule has 1 rings (SSSR count). The summed E-state index contributed by atoms with van der Waals surface area (Å²) in [7, 11) is 0. The highest BCUT2D eigenvalue weighted by Crippen LogP contribution is 2.44. The van der Waals surface area contributed by atoms with Crippen LogP contribution < -0.4 is 5.32 Å². The average molecular weight is 277 g/mol. The summed E-state index contributed by atoms with van der Waals surface area (Å²) in [6.45, 7) is 15.1. The molecule has 20 heavy (non-hydrogen) atoms.